The van der Waals surface area contributed by atoms with Crippen LogP contribution in [0.3, 0.4) is 0 Å². The van der Waals surface area contributed by atoms with E-state index in [0.717, 1.165) is 19.1 Å². The Hall–Kier alpha value is -3.40. The summed E-state index contributed by atoms with van der Waals surface area (Å²) in [7, 11) is -1.71. The van der Waals surface area contributed by atoms with Crippen LogP contribution in [0.1, 0.15) is 42.7 Å². The van der Waals surface area contributed by atoms with Crippen LogP contribution >= 0.6 is 0 Å². The van der Waals surface area contributed by atoms with E-state index in [1.54, 1.807) is 52.9 Å². The first-order chi connectivity index (χ1) is 15.5. The Morgan fingerprint density at radius 2 is 1.79 bits per heavy atom. The molecular formula is C23H29N5O4S. The zero-order valence-electron chi connectivity index (χ0n) is 19.4. The standard InChI is InChI=1S/C23H29N5O4S/c1-6-16(7-2)23(30)27(4)22-15(3)24-20-12-11-17(14-28(20)22)21(29)25-18-9-8-10-19(13-18)26-33(5,31)32/h8-14,16,26H,6-7H2,1-5H3,(H,25,29). The van der Waals surface area contributed by atoms with Gasteiger partial charge in [0.1, 0.15) is 11.5 Å². The molecule has 2 heterocycles. The highest BCUT2D eigenvalue weighted by atomic mass is 32.2. The van der Waals surface area contributed by atoms with Crippen LogP contribution in [0.2, 0.25) is 0 Å². The van der Waals surface area contributed by atoms with Crippen LogP contribution in [0.25, 0.3) is 5.65 Å². The van der Waals surface area contributed by atoms with E-state index in [-0.39, 0.29) is 17.7 Å². The minimum Gasteiger partial charge on any atom is -0.322 e. The largest absolute Gasteiger partial charge is 0.322 e. The minimum atomic E-state index is -3.43. The number of nitrogens with one attached hydrogen (secondary N) is 2. The zero-order chi connectivity index (χ0) is 24.3. The highest BCUT2D eigenvalue weighted by Gasteiger charge is 2.24. The number of nitrogens with zero attached hydrogens (tertiary/aromatic N) is 3. The monoisotopic (exact) mass is 471 g/mol. The number of imidazole rings is 1. The van der Waals surface area contributed by atoms with Crippen LogP contribution in [0.4, 0.5) is 17.2 Å². The van der Waals surface area contributed by atoms with Gasteiger partial charge >= 0.3 is 0 Å². The third kappa shape index (κ3) is 5.51. The number of pyridine rings is 1. The van der Waals surface area contributed by atoms with Gasteiger partial charge in [0.05, 0.1) is 23.2 Å². The Kier molecular flexibility index (Phi) is 7.06. The van der Waals surface area contributed by atoms with Crippen molar-refractivity contribution >= 4 is 44.7 Å². The lowest BCUT2D eigenvalue weighted by molar-refractivity contribution is -0.122. The van der Waals surface area contributed by atoms with Gasteiger partial charge in [0.25, 0.3) is 5.91 Å². The third-order valence-electron chi connectivity index (χ3n) is 5.43. The quantitative estimate of drug-likeness (QED) is 0.521. The summed E-state index contributed by atoms with van der Waals surface area (Å²) in [4.78, 5) is 32.0. The number of hydrogen-bond donors (Lipinski definition) is 2. The molecule has 0 aliphatic heterocycles. The molecule has 2 aromatic heterocycles. The van der Waals surface area contributed by atoms with Gasteiger partial charge in [-0.05, 0) is 50.1 Å². The van der Waals surface area contributed by atoms with Crippen molar-refractivity contribution in [3.63, 3.8) is 0 Å². The molecule has 0 saturated heterocycles. The number of anilines is 3. The Balaban J connectivity index is 1.91. The molecule has 0 saturated carbocycles. The molecule has 0 fully saturated rings. The van der Waals surface area contributed by atoms with Gasteiger partial charge in [-0.3, -0.25) is 23.6 Å². The Bertz CT molecular complexity index is 1300. The third-order valence-corrected chi connectivity index (χ3v) is 6.04. The van der Waals surface area contributed by atoms with E-state index in [0.29, 0.717) is 34.1 Å². The maximum Gasteiger partial charge on any atom is 0.257 e. The molecule has 0 radical (unpaired) electrons. The minimum absolute atomic E-state index is 0.00921. The normalized spacial score (nSPS) is 11.6. The molecule has 2 amide bonds. The topological polar surface area (TPSA) is 113 Å². The second kappa shape index (κ2) is 9.62. The van der Waals surface area contributed by atoms with Crippen molar-refractivity contribution in [1.29, 1.82) is 0 Å². The number of amides is 2. The van der Waals surface area contributed by atoms with Gasteiger partial charge in [-0.2, -0.15) is 0 Å². The molecule has 10 heteroatoms. The van der Waals surface area contributed by atoms with Gasteiger partial charge in [-0.15, -0.1) is 0 Å². The SMILES string of the molecule is CCC(CC)C(=O)N(C)c1c(C)nc2ccc(C(=O)Nc3cccc(NS(C)(=O)=O)c3)cn12. The van der Waals surface area contributed by atoms with E-state index in [9.17, 15) is 18.0 Å². The van der Waals surface area contributed by atoms with Gasteiger partial charge in [0.2, 0.25) is 15.9 Å². The smallest absolute Gasteiger partial charge is 0.257 e. The molecule has 0 spiro atoms. The number of hydrogen-bond acceptors (Lipinski definition) is 5. The molecule has 0 bridgehead atoms. The number of fused-ring (bicyclic) bond motifs is 1. The molecule has 3 rings (SSSR count). The molecular weight excluding hydrogens is 442 g/mol. The lowest BCUT2D eigenvalue weighted by Gasteiger charge is -2.22. The summed E-state index contributed by atoms with van der Waals surface area (Å²) in [5.74, 6) is 0.171. The van der Waals surface area contributed by atoms with Crippen LogP contribution in [0.5, 0.6) is 0 Å². The Morgan fingerprint density at radius 1 is 1.12 bits per heavy atom. The first-order valence-electron chi connectivity index (χ1n) is 10.7. The highest BCUT2D eigenvalue weighted by Crippen LogP contribution is 2.25. The number of aryl methyl sites for hydroxylation is 1. The number of benzene rings is 1. The van der Waals surface area contributed by atoms with Gasteiger partial charge in [-0.1, -0.05) is 19.9 Å². The average molecular weight is 472 g/mol. The number of rotatable bonds is 8. The second-order valence-electron chi connectivity index (χ2n) is 7.99. The number of carbonyl (C=O) groups excluding carboxylic acids is 2. The lowest BCUT2D eigenvalue weighted by atomic mass is 10.0. The van der Waals surface area contributed by atoms with E-state index in [2.05, 4.69) is 15.0 Å². The molecule has 0 unspecified atom stereocenters. The van der Waals surface area contributed by atoms with Crippen molar-refractivity contribution in [2.24, 2.45) is 5.92 Å². The first-order valence-corrected chi connectivity index (χ1v) is 12.6. The summed E-state index contributed by atoms with van der Waals surface area (Å²) in [5.41, 5.74) is 2.47. The summed E-state index contributed by atoms with van der Waals surface area (Å²) in [6.45, 7) is 5.81. The summed E-state index contributed by atoms with van der Waals surface area (Å²) in [6.07, 6.45) is 4.20. The van der Waals surface area contributed by atoms with Gasteiger partial charge in [0.15, 0.2) is 0 Å². The first kappa shape index (κ1) is 24.2. The van der Waals surface area contributed by atoms with E-state index in [1.165, 1.54) is 6.07 Å². The summed E-state index contributed by atoms with van der Waals surface area (Å²) in [6, 6.07) is 9.81. The molecule has 9 nitrogen and oxygen atoms in total. The second-order valence-corrected chi connectivity index (χ2v) is 9.74. The number of sulfonamides is 1. The number of aromatic nitrogens is 2. The fraction of sp³-hybridized carbons (Fsp3) is 0.348. The van der Waals surface area contributed by atoms with Gasteiger partial charge in [-0.25, -0.2) is 13.4 Å². The van der Waals surface area contributed by atoms with Crippen molar-refractivity contribution < 1.29 is 18.0 Å². The van der Waals surface area contributed by atoms with Crippen LogP contribution in [0.15, 0.2) is 42.6 Å². The molecule has 176 valence electrons. The Labute approximate surface area is 193 Å². The van der Waals surface area contributed by atoms with E-state index < -0.39 is 10.0 Å². The molecule has 1 aromatic carbocycles. The highest BCUT2D eigenvalue weighted by molar-refractivity contribution is 7.92. The van der Waals surface area contributed by atoms with Crippen molar-refractivity contribution in [2.45, 2.75) is 33.6 Å². The van der Waals surface area contributed by atoms with Crippen molar-refractivity contribution in [3.8, 4) is 0 Å². The molecule has 2 N–H and O–H groups in total. The van der Waals surface area contributed by atoms with Crippen molar-refractivity contribution in [3.05, 3.63) is 53.9 Å². The zero-order valence-corrected chi connectivity index (χ0v) is 20.2. The fourth-order valence-corrected chi connectivity index (χ4v) is 4.34. The van der Waals surface area contributed by atoms with Crippen molar-refractivity contribution in [2.75, 3.05) is 28.2 Å². The molecule has 3 aromatic rings. The molecule has 0 aliphatic rings. The average Bonchev–Trinajstić information content (AvgIpc) is 3.07. The summed E-state index contributed by atoms with van der Waals surface area (Å²) in [5, 5.41) is 2.78. The number of carbonyl (C=O) groups is 2. The van der Waals surface area contributed by atoms with Crippen LogP contribution in [-0.2, 0) is 14.8 Å². The van der Waals surface area contributed by atoms with Gasteiger partial charge < -0.3 is 5.32 Å². The van der Waals surface area contributed by atoms with Crippen LogP contribution in [0, 0.1) is 12.8 Å². The van der Waals surface area contributed by atoms with E-state index >= 15 is 0 Å². The predicted molar refractivity (Wildman–Crippen MR) is 130 cm³/mol. The fourth-order valence-electron chi connectivity index (χ4n) is 3.78. The summed E-state index contributed by atoms with van der Waals surface area (Å²) >= 11 is 0. The maximum atomic E-state index is 12.9. The summed E-state index contributed by atoms with van der Waals surface area (Å²) < 4.78 is 27.0. The predicted octanol–water partition coefficient (Wildman–Crippen LogP) is 3.67. The molecule has 0 atom stereocenters. The van der Waals surface area contributed by atoms with Crippen molar-refractivity contribution in [1.82, 2.24) is 9.38 Å². The molecule has 33 heavy (non-hydrogen) atoms. The van der Waals surface area contributed by atoms with Crippen LogP contribution in [-0.4, -0.2) is 42.9 Å². The van der Waals surface area contributed by atoms with Crippen LogP contribution < -0.4 is 14.9 Å². The Morgan fingerprint density at radius 3 is 2.42 bits per heavy atom. The van der Waals surface area contributed by atoms with E-state index in [4.69, 9.17) is 0 Å². The van der Waals surface area contributed by atoms with E-state index in [1.807, 2.05) is 20.8 Å². The molecule has 0 aliphatic carbocycles. The maximum absolute atomic E-state index is 12.9. The van der Waals surface area contributed by atoms with Gasteiger partial charge in [0, 0.05) is 24.8 Å². The lowest BCUT2D eigenvalue weighted by Crippen LogP contribution is -2.33.